The minimum absolute atomic E-state index is 0.0263. The molecule has 1 aliphatic heterocycles. The van der Waals surface area contributed by atoms with Crippen LogP contribution in [-0.2, 0) is 22.3 Å². The molecule has 1 saturated heterocycles. The molecular weight excluding hydrogens is 387 g/mol. The van der Waals surface area contributed by atoms with Gasteiger partial charge in [-0.3, -0.25) is 9.69 Å². The Morgan fingerprint density at radius 3 is 2.76 bits per heavy atom. The highest BCUT2D eigenvalue weighted by molar-refractivity contribution is 5.76. The number of amides is 1. The molecule has 1 aromatic heterocycles. The van der Waals surface area contributed by atoms with E-state index >= 15 is 0 Å². The molecule has 1 aliphatic rings. The summed E-state index contributed by atoms with van der Waals surface area (Å²) in [6, 6.07) is 7.97. The van der Waals surface area contributed by atoms with Gasteiger partial charge in [0.1, 0.15) is 5.75 Å². The summed E-state index contributed by atoms with van der Waals surface area (Å²) in [5.41, 5.74) is -0.228. The number of ether oxygens (including phenoxy) is 2. The second-order valence-corrected chi connectivity index (χ2v) is 6.58. The molecule has 1 aromatic carbocycles. The Morgan fingerprint density at radius 1 is 1.21 bits per heavy atom. The van der Waals surface area contributed by atoms with Gasteiger partial charge in [-0.1, -0.05) is 12.1 Å². The highest BCUT2D eigenvalue weighted by Crippen LogP contribution is 2.32. The molecule has 0 unspecified atom stereocenters. The Labute approximate surface area is 166 Å². The Morgan fingerprint density at radius 2 is 2.00 bits per heavy atom. The van der Waals surface area contributed by atoms with Crippen LogP contribution in [0, 0.1) is 0 Å². The summed E-state index contributed by atoms with van der Waals surface area (Å²) in [4.78, 5) is 18.4. The normalized spacial score (nSPS) is 15.1. The molecular formula is C20H22F3N3O3. The number of carbonyl (C=O) groups is 1. The van der Waals surface area contributed by atoms with Crippen LogP contribution in [0.1, 0.15) is 17.5 Å². The number of hydrogen-bond acceptors (Lipinski definition) is 5. The van der Waals surface area contributed by atoms with E-state index in [-0.39, 0.29) is 24.1 Å². The minimum atomic E-state index is -4.46. The largest absolute Gasteiger partial charge is 0.439 e. The zero-order valence-electron chi connectivity index (χ0n) is 15.7. The zero-order valence-corrected chi connectivity index (χ0v) is 15.7. The first kappa shape index (κ1) is 21.1. The lowest BCUT2D eigenvalue weighted by Gasteiger charge is -2.26. The molecule has 0 aliphatic carbocycles. The zero-order chi connectivity index (χ0) is 20.7. The van der Waals surface area contributed by atoms with Crippen LogP contribution in [0.3, 0.4) is 0 Å². The number of carbonyl (C=O) groups excluding carboxylic acids is 1. The van der Waals surface area contributed by atoms with Crippen molar-refractivity contribution in [2.45, 2.75) is 19.1 Å². The van der Waals surface area contributed by atoms with E-state index in [9.17, 15) is 18.0 Å². The van der Waals surface area contributed by atoms with Gasteiger partial charge < -0.3 is 14.8 Å². The van der Waals surface area contributed by atoms with Crippen molar-refractivity contribution >= 4 is 5.91 Å². The van der Waals surface area contributed by atoms with Crippen LogP contribution in [0.25, 0.3) is 0 Å². The maximum atomic E-state index is 12.9. The Kier molecular flexibility index (Phi) is 7.05. The van der Waals surface area contributed by atoms with E-state index < -0.39 is 11.7 Å². The predicted molar refractivity (Wildman–Crippen MR) is 99.5 cm³/mol. The molecule has 156 valence electrons. The Balaban J connectivity index is 1.57. The molecule has 1 N–H and O–H groups in total. The molecule has 2 heterocycles. The number of nitrogens with one attached hydrogen (secondary N) is 1. The summed E-state index contributed by atoms with van der Waals surface area (Å²) in [5.74, 6) is 0.0593. The number of benzene rings is 1. The van der Waals surface area contributed by atoms with E-state index in [1.54, 1.807) is 12.1 Å². The third-order valence-electron chi connectivity index (χ3n) is 4.46. The fourth-order valence-corrected chi connectivity index (χ4v) is 2.86. The topological polar surface area (TPSA) is 63.7 Å². The van der Waals surface area contributed by atoms with Crippen molar-refractivity contribution in [2.24, 2.45) is 0 Å². The molecule has 3 rings (SSSR count). The average Bonchev–Trinajstić information content (AvgIpc) is 2.72. The standard InChI is InChI=1S/C20H22F3N3O3/c21-20(22,23)16-4-1-5-17(13-16)29-19-15(3-2-7-24-19)14-25-18(27)6-8-26-9-11-28-12-10-26/h1-5,7,13H,6,8-12,14H2,(H,25,27). The summed E-state index contributed by atoms with van der Waals surface area (Å²) in [6.07, 6.45) is -2.63. The van der Waals surface area contributed by atoms with Crippen molar-refractivity contribution in [1.29, 1.82) is 0 Å². The molecule has 6 nitrogen and oxygen atoms in total. The predicted octanol–water partition coefficient (Wildman–Crippen LogP) is 3.23. The summed E-state index contributed by atoms with van der Waals surface area (Å²) in [7, 11) is 0. The smallest absolute Gasteiger partial charge is 0.416 e. The van der Waals surface area contributed by atoms with Gasteiger partial charge in [-0.2, -0.15) is 13.2 Å². The van der Waals surface area contributed by atoms with Crippen LogP contribution in [0.5, 0.6) is 11.6 Å². The first-order valence-electron chi connectivity index (χ1n) is 9.27. The van der Waals surface area contributed by atoms with Gasteiger partial charge in [0.05, 0.1) is 18.8 Å². The quantitative estimate of drug-likeness (QED) is 0.761. The van der Waals surface area contributed by atoms with Gasteiger partial charge in [0, 0.05) is 44.4 Å². The molecule has 0 saturated carbocycles. The summed E-state index contributed by atoms with van der Waals surface area (Å²) >= 11 is 0. The van der Waals surface area contributed by atoms with Gasteiger partial charge in [0.15, 0.2) is 0 Å². The molecule has 2 aromatic rings. The number of aromatic nitrogens is 1. The molecule has 0 atom stereocenters. The van der Waals surface area contributed by atoms with Crippen molar-refractivity contribution in [3.63, 3.8) is 0 Å². The van der Waals surface area contributed by atoms with Crippen LogP contribution in [0.15, 0.2) is 42.6 Å². The lowest BCUT2D eigenvalue weighted by molar-refractivity contribution is -0.137. The second kappa shape index (κ2) is 9.71. The van der Waals surface area contributed by atoms with E-state index in [0.717, 1.165) is 25.2 Å². The molecule has 1 amide bonds. The Hall–Kier alpha value is -2.65. The lowest BCUT2D eigenvalue weighted by atomic mass is 10.2. The van der Waals surface area contributed by atoms with Gasteiger partial charge in [0.2, 0.25) is 11.8 Å². The first-order chi connectivity index (χ1) is 13.9. The summed E-state index contributed by atoms with van der Waals surface area (Å²) in [6.45, 7) is 3.79. The maximum Gasteiger partial charge on any atom is 0.416 e. The van der Waals surface area contributed by atoms with E-state index in [4.69, 9.17) is 9.47 Å². The second-order valence-electron chi connectivity index (χ2n) is 6.58. The van der Waals surface area contributed by atoms with Crippen molar-refractivity contribution < 1.29 is 27.4 Å². The summed E-state index contributed by atoms with van der Waals surface area (Å²) < 4.78 is 49.4. The van der Waals surface area contributed by atoms with E-state index in [0.29, 0.717) is 31.7 Å². The van der Waals surface area contributed by atoms with Crippen LogP contribution in [0.2, 0.25) is 0 Å². The lowest BCUT2D eigenvalue weighted by Crippen LogP contribution is -2.38. The SMILES string of the molecule is O=C(CCN1CCOCC1)NCc1cccnc1Oc1cccc(C(F)(F)F)c1. The first-order valence-corrected chi connectivity index (χ1v) is 9.27. The van der Waals surface area contributed by atoms with E-state index in [1.165, 1.54) is 18.3 Å². The highest BCUT2D eigenvalue weighted by atomic mass is 19.4. The highest BCUT2D eigenvalue weighted by Gasteiger charge is 2.30. The van der Waals surface area contributed by atoms with Gasteiger partial charge in [-0.05, 0) is 24.3 Å². The van der Waals surface area contributed by atoms with E-state index in [1.807, 2.05) is 0 Å². The number of morpholine rings is 1. The number of nitrogens with zero attached hydrogens (tertiary/aromatic N) is 2. The van der Waals surface area contributed by atoms with Crippen molar-refractivity contribution in [1.82, 2.24) is 15.2 Å². The van der Waals surface area contributed by atoms with Crippen molar-refractivity contribution in [3.05, 3.63) is 53.7 Å². The fraction of sp³-hybridized carbons (Fsp3) is 0.400. The number of halogens is 3. The number of pyridine rings is 1. The molecule has 9 heteroatoms. The van der Waals surface area contributed by atoms with Crippen LogP contribution >= 0.6 is 0 Å². The van der Waals surface area contributed by atoms with Crippen LogP contribution in [0.4, 0.5) is 13.2 Å². The van der Waals surface area contributed by atoms with Gasteiger partial charge >= 0.3 is 6.18 Å². The average molecular weight is 409 g/mol. The molecule has 1 fully saturated rings. The molecule has 0 radical (unpaired) electrons. The third-order valence-corrected chi connectivity index (χ3v) is 4.46. The van der Waals surface area contributed by atoms with Crippen LogP contribution < -0.4 is 10.1 Å². The van der Waals surface area contributed by atoms with Crippen LogP contribution in [-0.4, -0.2) is 48.6 Å². The number of rotatable bonds is 7. The Bertz CT molecular complexity index is 824. The fourth-order valence-electron chi connectivity index (χ4n) is 2.86. The molecule has 29 heavy (non-hydrogen) atoms. The third kappa shape index (κ3) is 6.43. The number of hydrogen-bond donors (Lipinski definition) is 1. The van der Waals surface area contributed by atoms with Gasteiger partial charge in [-0.25, -0.2) is 4.98 Å². The maximum absolute atomic E-state index is 12.9. The van der Waals surface area contributed by atoms with Gasteiger partial charge in [-0.15, -0.1) is 0 Å². The monoisotopic (exact) mass is 409 g/mol. The molecule has 0 bridgehead atoms. The number of alkyl halides is 3. The molecule has 0 spiro atoms. The summed E-state index contributed by atoms with van der Waals surface area (Å²) in [5, 5.41) is 2.80. The minimum Gasteiger partial charge on any atom is -0.439 e. The van der Waals surface area contributed by atoms with Gasteiger partial charge in [0.25, 0.3) is 0 Å². The van der Waals surface area contributed by atoms with Crippen molar-refractivity contribution in [2.75, 3.05) is 32.8 Å². The van der Waals surface area contributed by atoms with Crippen molar-refractivity contribution in [3.8, 4) is 11.6 Å². The van der Waals surface area contributed by atoms with E-state index in [2.05, 4.69) is 15.2 Å².